The number of carbonyl (C=O) groups is 1. The maximum absolute atomic E-state index is 13.1. The Bertz CT molecular complexity index is 1310. The number of sulfonamides is 1. The molecule has 0 radical (unpaired) electrons. The Morgan fingerprint density at radius 1 is 1.12 bits per heavy atom. The van der Waals surface area contributed by atoms with E-state index in [1.807, 2.05) is 12.1 Å². The number of fused-ring (bicyclic) bond motifs is 1. The van der Waals surface area contributed by atoms with Crippen molar-refractivity contribution in [3.63, 3.8) is 0 Å². The number of aryl methyl sites for hydroxylation is 1. The van der Waals surface area contributed by atoms with Crippen LogP contribution in [-0.4, -0.2) is 54.6 Å². The van der Waals surface area contributed by atoms with Gasteiger partial charge in [-0.25, -0.2) is 8.42 Å². The van der Waals surface area contributed by atoms with E-state index in [1.165, 1.54) is 16.4 Å². The van der Waals surface area contributed by atoms with E-state index in [1.54, 1.807) is 23.1 Å². The lowest BCUT2D eigenvalue weighted by Gasteiger charge is -2.33. The summed E-state index contributed by atoms with van der Waals surface area (Å²) in [5.74, 6) is -0.301. The summed E-state index contributed by atoms with van der Waals surface area (Å²) in [5, 5.41) is 11.9. The van der Waals surface area contributed by atoms with Crippen LogP contribution < -0.4 is 0 Å². The average molecular weight is 508 g/mol. The molecule has 0 aliphatic carbocycles. The summed E-state index contributed by atoms with van der Waals surface area (Å²) in [6, 6.07) is 11.2. The largest absolute Gasteiger partial charge is 0.335 e. The van der Waals surface area contributed by atoms with E-state index in [2.05, 4.69) is 6.92 Å². The van der Waals surface area contributed by atoms with Crippen molar-refractivity contribution >= 4 is 54.6 Å². The van der Waals surface area contributed by atoms with Gasteiger partial charge in [0.15, 0.2) is 0 Å². The molecule has 174 valence electrons. The van der Waals surface area contributed by atoms with Crippen molar-refractivity contribution in [2.24, 2.45) is 0 Å². The highest BCUT2D eigenvalue weighted by atomic mass is 35.5. The summed E-state index contributed by atoms with van der Waals surface area (Å²) < 4.78 is 28.0. The molecular weight excluding hydrogens is 486 g/mol. The molecule has 33 heavy (non-hydrogen) atoms. The van der Waals surface area contributed by atoms with Gasteiger partial charge in [0.1, 0.15) is 4.88 Å². The van der Waals surface area contributed by atoms with Crippen LogP contribution in [0, 0.1) is 10.1 Å². The first-order valence-corrected chi connectivity index (χ1v) is 13.1. The molecule has 4 rings (SSSR count). The number of halogens is 1. The van der Waals surface area contributed by atoms with Crippen molar-refractivity contribution in [2.75, 3.05) is 26.2 Å². The number of nitro benzene ring substituents is 1. The fourth-order valence-electron chi connectivity index (χ4n) is 3.85. The Morgan fingerprint density at radius 2 is 1.79 bits per heavy atom. The number of amides is 1. The van der Waals surface area contributed by atoms with Crippen LogP contribution in [0.25, 0.3) is 10.1 Å². The van der Waals surface area contributed by atoms with Crippen molar-refractivity contribution in [1.82, 2.24) is 9.21 Å². The fraction of sp³-hybridized carbons (Fsp3) is 0.318. The Hall–Kier alpha value is -2.53. The number of carbonyl (C=O) groups excluding carboxylic acids is 1. The summed E-state index contributed by atoms with van der Waals surface area (Å²) in [6.07, 6.45) is 1.89. The molecule has 8 nitrogen and oxygen atoms in total. The number of rotatable bonds is 6. The third kappa shape index (κ3) is 4.61. The maximum Gasteiger partial charge on any atom is 0.270 e. The normalized spacial score (nSPS) is 15.2. The van der Waals surface area contributed by atoms with Gasteiger partial charge in [0.25, 0.3) is 11.6 Å². The van der Waals surface area contributed by atoms with E-state index in [0.29, 0.717) is 15.0 Å². The molecule has 1 aromatic heterocycles. The molecule has 2 aromatic carbocycles. The number of thiophene rings is 1. The van der Waals surface area contributed by atoms with E-state index in [9.17, 15) is 23.3 Å². The van der Waals surface area contributed by atoms with Gasteiger partial charge < -0.3 is 4.90 Å². The Kier molecular flexibility index (Phi) is 6.71. The molecule has 1 saturated heterocycles. The Balaban J connectivity index is 1.48. The third-order valence-corrected chi connectivity index (χ3v) is 9.20. The lowest BCUT2D eigenvalue weighted by Crippen LogP contribution is -2.50. The summed E-state index contributed by atoms with van der Waals surface area (Å²) in [7, 11) is -3.64. The quantitative estimate of drug-likeness (QED) is 0.359. The van der Waals surface area contributed by atoms with Crippen LogP contribution in [0.1, 0.15) is 28.6 Å². The van der Waals surface area contributed by atoms with Crippen LogP contribution in [0.5, 0.6) is 0 Å². The molecule has 0 unspecified atom stereocenters. The smallest absolute Gasteiger partial charge is 0.270 e. The predicted molar refractivity (Wildman–Crippen MR) is 129 cm³/mol. The van der Waals surface area contributed by atoms with Gasteiger partial charge in [-0.3, -0.25) is 14.9 Å². The number of nitrogens with zero attached hydrogens (tertiary/aromatic N) is 3. The van der Waals surface area contributed by atoms with Crippen molar-refractivity contribution in [3.8, 4) is 0 Å². The third-order valence-electron chi connectivity index (χ3n) is 5.64. The number of benzene rings is 2. The lowest BCUT2D eigenvalue weighted by atomic mass is 10.1. The van der Waals surface area contributed by atoms with Crippen LogP contribution in [0.2, 0.25) is 5.02 Å². The van der Waals surface area contributed by atoms with E-state index in [4.69, 9.17) is 11.6 Å². The molecular formula is C22H22ClN3O5S2. The zero-order valence-corrected chi connectivity index (χ0v) is 20.3. The van der Waals surface area contributed by atoms with Crippen molar-refractivity contribution in [2.45, 2.75) is 24.7 Å². The predicted octanol–water partition coefficient (Wildman–Crippen LogP) is 4.56. The van der Waals surface area contributed by atoms with Gasteiger partial charge in [0, 0.05) is 48.4 Å². The maximum atomic E-state index is 13.1. The van der Waals surface area contributed by atoms with Crippen LogP contribution in [0.3, 0.4) is 0 Å². The van der Waals surface area contributed by atoms with Crippen molar-refractivity contribution in [1.29, 1.82) is 0 Å². The second kappa shape index (κ2) is 9.38. The van der Waals surface area contributed by atoms with E-state index in [-0.39, 0.29) is 47.7 Å². The molecule has 0 atom stereocenters. The molecule has 1 aliphatic heterocycles. The van der Waals surface area contributed by atoms with Gasteiger partial charge in [0.05, 0.1) is 14.8 Å². The van der Waals surface area contributed by atoms with Gasteiger partial charge in [-0.1, -0.05) is 37.1 Å². The molecule has 1 amide bonds. The fourth-order valence-corrected chi connectivity index (χ4v) is 6.78. The van der Waals surface area contributed by atoms with Crippen LogP contribution in [0.15, 0.2) is 47.4 Å². The topological polar surface area (TPSA) is 101 Å². The minimum Gasteiger partial charge on any atom is -0.335 e. The van der Waals surface area contributed by atoms with Gasteiger partial charge in [0.2, 0.25) is 10.0 Å². The lowest BCUT2D eigenvalue weighted by molar-refractivity contribution is -0.384. The summed E-state index contributed by atoms with van der Waals surface area (Å²) in [6.45, 7) is 2.90. The molecule has 2 heterocycles. The minimum absolute atomic E-state index is 0.0686. The Morgan fingerprint density at radius 3 is 2.39 bits per heavy atom. The molecule has 0 spiro atoms. The second-order valence-corrected chi connectivity index (χ2v) is 11.1. The molecule has 1 fully saturated rings. The first kappa shape index (κ1) is 23.6. The first-order chi connectivity index (χ1) is 15.7. The number of non-ortho nitro benzene ring substituents is 1. The van der Waals surface area contributed by atoms with Crippen molar-refractivity contribution < 1.29 is 18.1 Å². The van der Waals surface area contributed by atoms with Gasteiger partial charge >= 0.3 is 0 Å². The Labute approximate surface area is 200 Å². The monoisotopic (exact) mass is 507 g/mol. The zero-order valence-electron chi connectivity index (χ0n) is 17.9. The van der Waals surface area contributed by atoms with E-state index in [0.717, 1.165) is 29.7 Å². The van der Waals surface area contributed by atoms with Gasteiger partial charge in [-0.2, -0.15) is 4.31 Å². The second-order valence-electron chi connectivity index (χ2n) is 7.77. The number of piperazine rings is 1. The highest BCUT2D eigenvalue weighted by molar-refractivity contribution is 7.89. The van der Waals surface area contributed by atoms with Crippen LogP contribution in [-0.2, 0) is 16.4 Å². The molecule has 1 aliphatic rings. The molecule has 3 aromatic rings. The van der Waals surface area contributed by atoms with Crippen LogP contribution in [0.4, 0.5) is 5.69 Å². The number of hydrogen-bond acceptors (Lipinski definition) is 6. The summed E-state index contributed by atoms with van der Waals surface area (Å²) in [4.78, 5) is 25.7. The summed E-state index contributed by atoms with van der Waals surface area (Å²) in [5.41, 5.74) is 1.03. The molecule has 0 bridgehead atoms. The van der Waals surface area contributed by atoms with Gasteiger partial charge in [-0.15, -0.1) is 11.3 Å². The molecule has 11 heteroatoms. The molecule has 0 N–H and O–H groups in total. The zero-order chi connectivity index (χ0) is 23.8. The highest BCUT2D eigenvalue weighted by Crippen LogP contribution is 2.38. The van der Waals surface area contributed by atoms with Gasteiger partial charge in [-0.05, 0) is 30.2 Å². The number of nitro groups is 1. The average Bonchev–Trinajstić information content (AvgIpc) is 3.15. The van der Waals surface area contributed by atoms with E-state index < -0.39 is 14.9 Å². The first-order valence-electron chi connectivity index (χ1n) is 10.5. The van der Waals surface area contributed by atoms with Crippen LogP contribution >= 0.6 is 22.9 Å². The molecule has 0 saturated carbocycles. The van der Waals surface area contributed by atoms with E-state index >= 15 is 0 Å². The summed E-state index contributed by atoms with van der Waals surface area (Å²) >= 11 is 7.51. The number of hydrogen-bond donors (Lipinski definition) is 0. The SMILES string of the molecule is CCCc1ccc(S(=O)(=O)N2CCN(C(=O)c3sc4cc([N+](=O)[O-])ccc4c3Cl)CC2)cc1. The highest BCUT2D eigenvalue weighted by Gasteiger charge is 2.32. The standard InChI is InChI=1S/C22H22ClN3O5S2/c1-2-3-15-4-7-17(8-5-15)33(30,31)25-12-10-24(11-13-25)22(27)21-20(23)18-9-6-16(26(28)29)14-19(18)32-21/h4-9,14H,2-3,10-13H2,1H3. The minimum atomic E-state index is -3.64. The van der Waals surface area contributed by atoms with Crippen molar-refractivity contribution in [3.05, 3.63) is 68.0 Å².